The molecule has 7 rings (SSSR count). The number of anilines is 2. The summed E-state index contributed by atoms with van der Waals surface area (Å²) in [5.74, 6) is -0.407. The fourth-order valence-electron chi connectivity index (χ4n) is 6.78. The van der Waals surface area contributed by atoms with Crippen LogP contribution in [0.1, 0.15) is 41.7 Å². The van der Waals surface area contributed by atoms with E-state index in [2.05, 4.69) is 49.4 Å². The molecule has 10 nitrogen and oxygen atoms in total. The van der Waals surface area contributed by atoms with E-state index in [1.165, 1.54) is 22.9 Å². The van der Waals surface area contributed by atoms with Crippen LogP contribution < -0.4 is 10.2 Å². The minimum absolute atomic E-state index is 0.140. The van der Waals surface area contributed by atoms with Crippen LogP contribution in [0.4, 0.5) is 19.6 Å². The first-order valence-electron chi connectivity index (χ1n) is 15.8. The number of carbonyl (C=O) groups is 1. The lowest BCUT2D eigenvalue weighted by Crippen LogP contribution is -2.46. The average Bonchev–Trinajstić information content (AvgIpc) is 3.84. The van der Waals surface area contributed by atoms with Crippen LogP contribution in [0.5, 0.6) is 0 Å². The van der Waals surface area contributed by atoms with Gasteiger partial charge in [-0.2, -0.15) is 5.10 Å². The number of aryl methyl sites for hydroxylation is 1. The Morgan fingerprint density at radius 1 is 1.21 bits per heavy atom. The third-order valence-corrected chi connectivity index (χ3v) is 9.69. The molecule has 2 aliphatic heterocycles. The molecule has 0 saturated carbocycles. The highest BCUT2D eigenvalue weighted by atomic mass is 32.1. The lowest BCUT2D eigenvalue weighted by atomic mass is 9.93. The number of nitrogens with zero attached hydrogens (tertiary/aromatic N) is 7. The number of thiazole rings is 1. The number of carbonyl (C=O) groups excluding carboxylic acids is 1. The van der Waals surface area contributed by atoms with Crippen LogP contribution in [0, 0.1) is 6.92 Å². The highest BCUT2D eigenvalue weighted by Gasteiger charge is 2.35. The number of amides is 1. The number of nitrogens with one attached hydrogen (secondary N) is 1. The second kappa shape index (κ2) is 12.8. The van der Waals surface area contributed by atoms with Crippen LogP contribution in [-0.4, -0.2) is 87.7 Å². The highest BCUT2D eigenvalue weighted by molar-refractivity contribution is 7.13. The molecule has 0 bridgehead atoms. The van der Waals surface area contributed by atoms with E-state index in [1.54, 1.807) is 28.7 Å². The van der Waals surface area contributed by atoms with Crippen LogP contribution in [0.25, 0.3) is 22.0 Å². The molecule has 0 aliphatic carbocycles. The Labute approximate surface area is 276 Å². The van der Waals surface area contributed by atoms with Gasteiger partial charge in [0.25, 0.3) is 5.91 Å². The molecule has 1 N–H and O–H groups in total. The minimum Gasteiger partial charge on any atom is -0.373 e. The first kappa shape index (κ1) is 31.4. The van der Waals surface area contributed by atoms with Crippen molar-refractivity contribution in [3.05, 3.63) is 76.9 Å². The minimum atomic E-state index is -1.29. The molecule has 5 aromatic rings. The highest BCUT2D eigenvalue weighted by Crippen LogP contribution is 2.38. The van der Waals surface area contributed by atoms with Crippen molar-refractivity contribution in [2.45, 2.75) is 51.3 Å². The summed E-state index contributed by atoms with van der Waals surface area (Å²) in [4.78, 5) is 27.1. The molecule has 13 heteroatoms. The van der Waals surface area contributed by atoms with Crippen LogP contribution in [0.15, 0.2) is 54.4 Å². The second-order valence-corrected chi connectivity index (χ2v) is 13.5. The van der Waals surface area contributed by atoms with Gasteiger partial charge in [-0.3, -0.25) is 14.8 Å². The van der Waals surface area contributed by atoms with Gasteiger partial charge in [-0.05, 0) is 68.4 Å². The number of rotatable bonds is 9. The number of imidazole rings is 1. The first-order valence-corrected chi connectivity index (χ1v) is 16.7. The van der Waals surface area contributed by atoms with Gasteiger partial charge in [0.2, 0.25) is 0 Å². The van der Waals surface area contributed by atoms with E-state index in [-0.39, 0.29) is 19.1 Å². The number of alkyl halides is 2. The topological polar surface area (TPSA) is 93.3 Å². The summed E-state index contributed by atoms with van der Waals surface area (Å²) in [5.41, 5.74) is 5.94. The van der Waals surface area contributed by atoms with Crippen LogP contribution >= 0.6 is 11.3 Å². The zero-order chi connectivity index (χ0) is 32.8. The van der Waals surface area contributed by atoms with Crippen molar-refractivity contribution in [3.8, 4) is 11.1 Å². The Morgan fingerprint density at radius 3 is 2.74 bits per heavy atom. The summed E-state index contributed by atoms with van der Waals surface area (Å²) in [6.45, 7) is 6.83. The number of hydrogen-bond donors (Lipinski definition) is 1. The quantitative estimate of drug-likeness (QED) is 0.221. The SMILES string of the molecule is Cc1c(-c2ccc(N3CCOC(CN(C)C)C3)cc2)cc(C(C)F)c2cn(C(C(=O)Nc3nccs3)c3ncn4c3C[C@@H](F)C4)nc12. The maximum absolute atomic E-state index is 15.3. The molecule has 2 aliphatic rings. The van der Waals surface area contributed by atoms with E-state index >= 15 is 4.39 Å². The van der Waals surface area contributed by atoms with Crippen molar-refractivity contribution in [2.24, 2.45) is 0 Å². The van der Waals surface area contributed by atoms with Crippen molar-refractivity contribution >= 4 is 39.0 Å². The van der Waals surface area contributed by atoms with Crippen molar-refractivity contribution in [2.75, 3.05) is 50.6 Å². The normalized spacial score (nSPS) is 19.3. The number of benzene rings is 2. The number of fused-ring (bicyclic) bond motifs is 2. The Balaban J connectivity index is 1.26. The largest absolute Gasteiger partial charge is 0.373 e. The summed E-state index contributed by atoms with van der Waals surface area (Å²) >= 11 is 1.29. The van der Waals surface area contributed by atoms with Gasteiger partial charge in [-0.25, -0.2) is 18.7 Å². The van der Waals surface area contributed by atoms with Crippen molar-refractivity contribution in [1.82, 2.24) is 29.2 Å². The monoisotopic (exact) mass is 660 g/mol. The van der Waals surface area contributed by atoms with Gasteiger partial charge in [0.15, 0.2) is 11.2 Å². The second-order valence-electron chi connectivity index (χ2n) is 12.6. The lowest BCUT2D eigenvalue weighted by Gasteiger charge is -2.35. The molecule has 3 aromatic heterocycles. The number of morpholine rings is 1. The molecule has 0 spiro atoms. The number of halogens is 2. The fourth-order valence-corrected chi connectivity index (χ4v) is 7.31. The molecule has 0 radical (unpaired) electrons. The van der Waals surface area contributed by atoms with Crippen molar-refractivity contribution < 1.29 is 18.3 Å². The van der Waals surface area contributed by atoms with Crippen molar-refractivity contribution in [1.29, 1.82) is 0 Å². The van der Waals surface area contributed by atoms with Gasteiger partial charge in [0, 0.05) is 60.6 Å². The number of ether oxygens (including phenoxy) is 1. The predicted octanol–water partition coefficient (Wildman–Crippen LogP) is 5.58. The zero-order valence-corrected chi connectivity index (χ0v) is 27.7. The average molecular weight is 661 g/mol. The molecular weight excluding hydrogens is 622 g/mol. The molecule has 1 saturated heterocycles. The van der Waals surface area contributed by atoms with Crippen LogP contribution in [0.2, 0.25) is 0 Å². The molecule has 2 aromatic carbocycles. The smallest absolute Gasteiger partial charge is 0.257 e. The van der Waals surface area contributed by atoms with E-state index in [9.17, 15) is 9.18 Å². The third kappa shape index (κ3) is 6.15. The number of aromatic nitrogens is 5. The van der Waals surface area contributed by atoms with E-state index in [1.807, 2.05) is 27.1 Å². The third-order valence-electron chi connectivity index (χ3n) is 9.00. The maximum atomic E-state index is 15.3. The Hall–Kier alpha value is -4.20. The summed E-state index contributed by atoms with van der Waals surface area (Å²) in [7, 11) is 4.10. The van der Waals surface area contributed by atoms with Gasteiger partial charge >= 0.3 is 0 Å². The standard InChI is InChI=1S/C34H38F2N8O2S/c1-20-26(22-5-7-24(8-6-22)42-10-11-46-25(17-42)16-41(3)4)14-27(21(2)35)28-18-44(40-30(20)28)32(33(45)39-34-37-9-12-47-34)31-29-13-23(36)15-43(29)19-38-31/h5-9,12,14,18-19,21,23,25,32H,10-11,13,15-17H2,1-4H3,(H,37,39,45)/t21?,23-,25?,32?/m1/s1. The molecular formula is C34H38F2N8O2S. The maximum Gasteiger partial charge on any atom is 0.257 e. The van der Waals surface area contributed by atoms with Crippen molar-refractivity contribution in [3.63, 3.8) is 0 Å². The molecule has 47 heavy (non-hydrogen) atoms. The molecule has 1 fully saturated rings. The molecule has 4 atom stereocenters. The Morgan fingerprint density at radius 2 is 2.02 bits per heavy atom. The van der Waals surface area contributed by atoms with Gasteiger partial charge in [0.05, 0.1) is 36.8 Å². The lowest BCUT2D eigenvalue weighted by molar-refractivity contribution is -0.118. The molecule has 3 unspecified atom stereocenters. The van der Waals surface area contributed by atoms with Crippen LogP contribution in [0.3, 0.4) is 0 Å². The first-order chi connectivity index (χ1) is 22.7. The fraction of sp³-hybridized carbons (Fsp3) is 0.412. The number of hydrogen-bond acceptors (Lipinski definition) is 8. The summed E-state index contributed by atoms with van der Waals surface area (Å²) in [6.07, 6.45) is 2.84. The Kier molecular flexibility index (Phi) is 8.54. The van der Waals surface area contributed by atoms with Gasteiger partial charge < -0.3 is 19.1 Å². The van der Waals surface area contributed by atoms with Gasteiger partial charge in [0.1, 0.15) is 12.3 Å². The summed E-state index contributed by atoms with van der Waals surface area (Å²) in [6, 6.07) is 9.21. The van der Waals surface area contributed by atoms with Gasteiger partial charge in [-0.1, -0.05) is 12.1 Å². The number of likely N-dealkylation sites (N-methyl/N-ethyl adjacent to an activating group) is 1. The molecule has 5 heterocycles. The molecule has 1 amide bonds. The predicted molar refractivity (Wildman–Crippen MR) is 180 cm³/mol. The van der Waals surface area contributed by atoms with E-state index in [4.69, 9.17) is 9.84 Å². The zero-order valence-electron chi connectivity index (χ0n) is 26.9. The Bertz CT molecular complexity index is 1890. The molecule has 246 valence electrons. The summed E-state index contributed by atoms with van der Waals surface area (Å²) < 4.78 is 39.0. The van der Waals surface area contributed by atoms with E-state index in [0.29, 0.717) is 39.6 Å². The van der Waals surface area contributed by atoms with Crippen LogP contribution in [-0.2, 0) is 22.5 Å². The van der Waals surface area contributed by atoms with Gasteiger partial charge in [-0.15, -0.1) is 11.3 Å². The summed E-state index contributed by atoms with van der Waals surface area (Å²) in [5, 5.41) is 10.6. The van der Waals surface area contributed by atoms with E-state index in [0.717, 1.165) is 42.0 Å². The van der Waals surface area contributed by atoms with E-state index < -0.39 is 24.3 Å².